The van der Waals surface area contributed by atoms with Gasteiger partial charge in [0.25, 0.3) is 0 Å². The molecule has 1 aromatic carbocycles. The van der Waals surface area contributed by atoms with Crippen molar-refractivity contribution in [2.75, 3.05) is 13.1 Å². The van der Waals surface area contributed by atoms with Gasteiger partial charge in [-0.15, -0.1) is 0 Å². The van der Waals surface area contributed by atoms with E-state index >= 15 is 0 Å². The van der Waals surface area contributed by atoms with E-state index in [9.17, 15) is 29.1 Å². The number of guanidine groups is 1. The van der Waals surface area contributed by atoms with E-state index in [1.54, 1.807) is 30.3 Å². The highest BCUT2D eigenvalue weighted by Gasteiger charge is 2.30. The Morgan fingerprint density at radius 2 is 1.37 bits per heavy atom. The molecule has 0 radical (unpaired) electrons. The van der Waals surface area contributed by atoms with E-state index in [1.807, 2.05) is 0 Å². The second kappa shape index (κ2) is 18.9. The van der Waals surface area contributed by atoms with Crippen molar-refractivity contribution in [3.63, 3.8) is 0 Å². The van der Waals surface area contributed by atoms with Crippen molar-refractivity contribution in [3.8, 4) is 0 Å². The van der Waals surface area contributed by atoms with E-state index in [0.29, 0.717) is 19.4 Å². The minimum atomic E-state index is -1.22. The van der Waals surface area contributed by atoms with Gasteiger partial charge >= 0.3 is 5.97 Å². The van der Waals surface area contributed by atoms with Crippen LogP contribution >= 0.6 is 0 Å². The zero-order chi connectivity index (χ0) is 30.8. The highest BCUT2D eigenvalue weighted by atomic mass is 16.4. The average Bonchev–Trinajstić information content (AvgIpc) is 2.92. The Morgan fingerprint density at radius 3 is 1.95 bits per heavy atom. The third-order valence-corrected chi connectivity index (χ3v) is 6.09. The van der Waals surface area contributed by atoms with Gasteiger partial charge in [-0.05, 0) is 50.6 Å². The van der Waals surface area contributed by atoms with Crippen LogP contribution in [0.5, 0.6) is 0 Å². The Hall–Kier alpha value is -4.24. The molecule has 41 heavy (non-hydrogen) atoms. The number of carboxylic acids is 1. The van der Waals surface area contributed by atoms with Gasteiger partial charge in [0.2, 0.25) is 23.6 Å². The number of aliphatic imine (C=N–C) groups is 1. The summed E-state index contributed by atoms with van der Waals surface area (Å²) in [5.74, 6) is -4.07. The predicted octanol–water partition coefficient (Wildman–Crippen LogP) is -2.46. The van der Waals surface area contributed by atoms with Crippen molar-refractivity contribution in [2.24, 2.45) is 33.7 Å². The quantitative estimate of drug-likeness (QED) is 0.0447. The lowest BCUT2D eigenvalue weighted by atomic mass is 10.0. The first-order chi connectivity index (χ1) is 19.4. The molecule has 0 bridgehead atoms. The summed E-state index contributed by atoms with van der Waals surface area (Å²) in [5, 5.41) is 17.3. The Labute approximate surface area is 239 Å². The molecular formula is C26H43N9O6. The molecule has 0 fully saturated rings. The summed E-state index contributed by atoms with van der Waals surface area (Å²) < 4.78 is 0. The van der Waals surface area contributed by atoms with Gasteiger partial charge in [-0.3, -0.25) is 24.2 Å². The number of carbonyl (C=O) groups excluding carboxylic acids is 4. The molecule has 1 rings (SSSR count). The van der Waals surface area contributed by atoms with Crippen LogP contribution in [0.25, 0.3) is 0 Å². The smallest absolute Gasteiger partial charge is 0.326 e. The van der Waals surface area contributed by atoms with Crippen LogP contribution in [0.1, 0.15) is 50.5 Å². The van der Waals surface area contributed by atoms with Crippen LogP contribution in [0.3, 0.4) is 0 Å². The maximum absolute atomic E-state index is 13.4. The van der Waals surface area contributed by atoms with Gasteiger partial charge in [-0.25, -0.2) is 4.79 Å². The lowest BCUT2D eigenvalue weighted by Gasteiger charge is -2.25. The normalized spacial score (nSPS) is 13.6. The summed E-state index contributed by atoms with van der Waals surface area (Å²) in [4.78, 5) is 66.0. The molecule has 4 amide bonds. The molecule has 14 N–H and O–H groups in total. The topological polar surface area (TPSA) is 284 Å². The molecule has 15 heteroatoms. The lowest BCUT2D eigenvalue weighted by molar-refractivity contribution is -0.142. The second-order valence-electron chi connectivity index (χ2n) is 9.56. The molecule has 0 aliphatic heterocycles. The van der Waals surface area contributed by atoms with Crippen LogP contribution in [0, 0.1) is 0 Å². The fourth-order valence-electron chi connectivity index (χ4n) is 3.83. The third-order valence-electron chi connectivity index (χ3n) is 6.09. The van der Waals surface area contributed by atoms with Gasteiger partial charge in [0.15, 0.2) is 5.96 Å². The van der Waals surface area contributed by atoms with E-state index < -0.39 is 53.8 Å². The number of hydrogen-bond donors (Lipinski definition) is 9. The average molecular weight is 578 g/mol. The van der Waals surface area contributed by atoms with Crippen LogP contribution < -0.4 is 44.6 Å². The fraction of sp³-hybridized carbons (Fsp3) is 0.538. The minimum Gasteiger partial charge on any atom is -0.480 e. The number of amides is 4. The summed E-state index contributed by atoms with van der Waals surface area (Å²) in [6.45, 7) is 0.546. The molecule has 15 nitrogen and oxygen atoms in total. The van der Waals surface area contributed by atoms with E-state index in [4.69, 9.17) is 28.7 Å². The van der Waals surface area contributed by atoms with Crippen LogP contribution in [0.4, 0.5) is 0 Å². The van der Waals surface area contributed by atoms with Crippen molar-refractivity contribution >= 4 is 35.6 Å². The number of nitrogens with two attached hydrogens (primary N) is 5. The Bertz CT molecular complexity index is 1030. The third kappa shape index (κ3) is 14.6. The van der Waals surface area contributed by atoms with Crippen molar-refractivity contribution in [1.82, 2.24) is 16.0 Å². The minimum absolute atomic E-state index is 0.0165. The molecule has 0 aromatic heterocycles. The SMILES string of the molecule is NCCCCC(NC(=O)C(CCCN=C(N)N)NC(=O)C(Cc1ccccc1)NC(=O)C(N)CCC(N)=O)C(=O)O. The maximum Gasteiger partial charge on any atom is 0.326 e. The molecule has 0 saturated heterocycles. The van der Waals surface area contributed by atoms with E-state index in [-0.39, 0.29) is 51.0 Å². The molecule has 0 aliphatic carbocycles. The van der Waals surface area contributed by atoms with Crippen LogP contribution in [-0.2, 0) is 30.4 Å². The summed E-state index contributed by atoms with van der Waals surface area (Å²) in [6, 6.07) is 4.26. The monoisotopic (exact) mass is 577 g/mol. The summed E-state index contributed by atoms with van der Waals surface area (Å²) in [6.07, 6.45) is 1.53. The fourth-order valence-corrected chi connectivity index (χ4v) is 3.83. The van der Waals surface area contributed by atoms with E-state index in [1.165, 1.54) is 0 Å². The standard InChI is InChI=1S/C26H43N9O6/c27-13-5-4-9-19(25(40)41)34-23(38)18(10-6-14-32-26(30)31)33-24(39)20(15-16-7-2-1-3-8-16)35-22(37)17(28)11-12-21(29)36/h1-3,7-8,17-20H,4-6,9-15,27-28H2,(H2,29,36)(H,33,39)(H,34,38)(H,35,37)(H,40,41)(H4,30,31,32). The number of aliphatic carboxylic acids is 1. The van der Waals surface area contributed by atoms with Crippen LogP contribution in [0.15, 0.2) is 35.3 Å². The zero-order valence-electron chi connectivity index (χ0n) is 23.1. The molecule has 4 atom stereocenters. The van der Waals surface area contributed by atoms with Gasteiger partial charge in [0.05, 0.1) is 6.04 Å². The van der Waals surface area contributed by atoms with Crippen molar-refractivity contribution in [1.29, 1.82) is 0 Å². The summed E-state index contributed by atoms with van der Waals surface area (Å²) >= 11 is 0. The predicted molar refractivity (Wildman–Crippen MR) is 153 cm³/mol. The number of benzene rings is 1. The molecule has 0 aliphatic rings. The maximum atomic E-state index is 13.4. The number of rotatable bonds is 20. The van der Waals surface area contributed by atoms with Crippen molar-refractivity contribution in [3.05, 3.63) is 35.9 Å². The number of carbonyl (C=O) groups is 5. The molecule has 0 spiro atoms. The van der Waals surface area contributed by atoms with E-state index in [0.717, 1.165) is 5.56 Å². The van der Waals surface area contributed by atoms with E-state index in [2.05, 4.69) is 20.9 Å². The number of hydrogen-bond acceptors (Lipinski definition) is 8. The Morgan fingerprint density at radius 1 is 0.780 bits per heavy atom. The number of nitrogens with zero attached hydrogens (tertiary/aromatic N) is 1. The highest BCUT2D eigenvalue weighted by molar-refractivity contribution is 5.94. The first-order valence-electron chi connectivity index (χ1n) is 13.4. The van der Waals surface area contributed by atoms with Crippen molar-refractivity contribution < 1.29 is 29.1 Å². The molecular weight excluding hydrogens is 534 g/mol. The second-order valence-corrected chi connectivity index (χ2v) is 9.56. The van der Waals surface area contributed by atoms with Gasteiger partial charge in [0.1, 0.15) is 18.1 Å². The zero-order valence-corrected chi connectivity index (χ0v) is 23.1. The van der Waals surface area contributed by atoms with Gasteiger partial charge in [-0.1, -0.05) is 30.3 Å². The lowest BCUT2D eigenvalue weighted by Crippen LogP contribution is -2.57. The van der Waals surface area contributed by atoms with Crippen LogP contribution in [-0.4, -0.2) is 77.9 Å². The number of unbranched alkanes of at least 4 members (excludes halogenated alkanes) is 1. The van der Waals surface area contributed by atoms with Gasteiger partial charge < -0.3 is 49.7 Å². The molecule has 0 saturated carbocycles. The number of carboxylic acid groups (broad SMARTS) is 1. The first kappa shape index (κ1) is 34.8. The molecule has 228 valence electrons. The Kier molecular flexibility index (Phi) is 16.1. The van der Waals surface area contributed by atoms with Gasteiger partial charge in [0, 0.05) is 19.4 Å². The van der Waals surface area contributed by atoms with Crippen molar-refractivity contribution in [2.45, 2.75) is 75.5 Å². The summed E-state index contributed by atoms with van der Waals surface area (Å²) in [5.41, 5.74) is 27.9. The van der Waals surface area contributed by atoms with Gasteiger partial charge in [-0.2, -0.15) is 0 Å². The molecule has 1 aromatic rings. The Balaban J connectivity index is 3.13. The number of nitrogens with one attached hydrogen (secondary N) is 3. The summed E-state index contributed by atoms with van der Waals surface area (Å²) in [7, 11) is 0. The highest BCUT2D eigenvalue weighted by Crippen LogP contribution is 2.08. The molecule has 0 heterocycles. The first-order valence-corrected chi connectivity index (χ1v) is 13.4. The largest absolute Gasteiger partial charge is 0.480 e. The number of primary amides is 1. The van der Waals surface area contributed by atoms with Crippen LogP contribution in [0.2, 0.25) is 0 Å². The molecule has 4 unspecified atom stereocenters.